The van der Waals surface area contributed by atoms with Gasteiger partial charge in [0.05, 0.1) is 14.2 Å². The summed E-state index contributed by atoms with van der Waals surface area (Å²) in [5.41, 5.74) is 2.17. The largest absolute Gasteiger partial charge is 0.497 e. The summed E-state index contributed by atoms with van der Waals surface area (Å²) >= 11 is 0. The maximum Gasteiger partial charge on any atom is 0.222 e. The number of hydrogen-bond acceptors (Lipinski definition) is 5. The van der Waals surface area contributed by atoms with Gasteiger partial charge in [0, 0.05) is 38.7 Å². The minimum Gasteiger partial charge on any atom is -0.497 e. The van der Waals surface area contributed by atoms with Crippen molar-refractivity contribution in [1.82, 2.24) is 10.2 Å². The Kier molecular flexibility index (Phi) is 7.14. The molecule has 1 fully saturated rings. The van der Waals surface area contributed by atoms with E-state index < -0.39 is 0 Å². The number of nitrogens with one attached hydrogen (secondary N) is 1. The van der Waals surface area contributed by atoms with Crippen molar-refractivity contribution in [3.8, 4) is 17.2 Å². The highest BCUT2D eigenvalue weighted by atomic mass is 16.5. The SMILES string of the molecule is COc1cc(COc2ccc(CNCCN3CCCC3=O)cc2)cc(OC)c1. The van der Waals surface area contributed by atoms with E-state index in [1.54, 1.807) is 14.2 Å². The molecule has 2 aromatic rings. The zero-order chi connectivity index (χ0) is 19.8. The Labute approximate surface area is 166 Å². The van der Waals surface area contributed by atoms with Crippen LogP contribution >= 0.6 is 0 Å². The van der Waals surface area contributed by atoms with E-state index in [0.29, 0.717) is 13.0 Å². The van der Waals surface area contributed by atoms with Crippen LogP contribution in [0, 0.1) is 0 Å². The molecule has 0 atom stereocenters. The van der Waals surface area contributed by atoms with Gasteiger partial charge in [0.2, 0.25) is 5.91 Å². The topological polar surface area (TPSA) is 60.0 Å². The molecule has 0 aromatic heterocycles. The number of rotatable bonds is 10. The van der Waals surface area contributed by atoms with E-state index in [2.05, 4.69) is 17.4 Å². The van der Waals surface area contributed by atoms with Crippen molar-refractivity contribution in [2.45, 2.75) is 26.0 Å². The minimum absolute atomic E-state index is 0.275. The van der Waals surface area contributed by atoms with Gasteiger partial charge in [-0.1, -0.05) is 12.1 Å². The molecule has 6 nitrogen and oxygen atoms in total. The van der Waals surface area contributed by atoms with E-state index in [1.165, 1.54) is 5.56 Å². The summed E-state index contributed by atoms with van der Waals surface area (Å²) in [6.07, 6.45) is 1.69. The van der Waals surface area contributed by atoms with Crippen molar-refractivity contribution in [3.05, 3.63) is 53.6 Å². The molecule has 2 aromatic carbocycles. The fourth-order valence-corrected chi connectivity index (χ4v) is 3.21. The first-order valence-electron chi connectivity index (χ1n) is 9.60. The molecule has 3 rings (SSSR count). The summed E-state index contributed by atoms with van der Waals surface area (Å²) in [6.45, 7) is 3.70. The molecule has 0 saturated carbocycles. The van der Waals surface area contributed by atoms with Crippen LogP contribution in [0.4, 0.5) is 0 Å². The monoisotopic (exact) mass is 384 g/mol. The highest BCUT2D eigenvalue weighted by molar-refractivity contribution is 5.78. The Bertz CT molecular complexity index is 754. The maximum atomic E-state index is 11.6. The summed E-state index contributed by atoms with van der Waals surface area (Å²) < 4.78 is 16.4. The van der Waals surface area contributed by atoms with Gasteiger partial charge in [-0.15, -0.1) is 0 Å². The molecule has 1 saturated heterocycles. The van der Waals surface area contributed by atoms with E-state index >= 15 is 0 Å². The Morgan fingerprint density at radius 1 is 0.964 bits per heavy atom. The first-order valence-corrected chi connectivity index (χ1v) is 9.60. The number of carbonyl (C=O) groups excluding carboxylic acids is 1. The van der Waals surface area contributed by atoms with E-state index in [-0.39, 0.29) is 5.91 Å². The summed E-state index contributed by atoms with van der Waals surface area (Å²) in [6, 6.07) is 13.8. The second-order valence-electron chi connectivity index (χ2n) is 6.81. The fraction of sp³-hybridized carbons (Fsp3) is 0.409. The van der Waals surface area contributed by atoms with Crippen LogP contribution in [0.3, 0.4) is 0 Å². The van der Waals surface area contributed by atoms with Crippen molar-refractivity contribution in [2.24, 2.45) is 0 Å². The molecule has 0 bridgehead atoms. The fourth-order valence-electron chi connectivity index (χ4n) is 3.21. The second kappa shape index (κ2) is 9.99. The number of ether oxygens (including phenoxy) is 3. The third kappa shape index (κ3) is 5.63. The first kappa shape index (κ1) is 20.0. The molecule has 0 unspecified atom stereocenters. The maximum absolute atomic E-state index is 11.6. The van der Waals surface area contributed by atoms with Gasteiger partial charge in [0.15, 0.2) is 0 Å². The van der Waals surface area contributed by atoms with E-state index in [4.69, 9.17) is 14.2 Å². The van der Waals surface area contributed by atoms with Crippen LogP contribution in [0.15, 0.2) is 42.5 Å². The summed E-state index contributed by atoms with van der Waals surface area (Å²) in [4.78, 5) is 13.5. The van der Waals surface area contributed by atoms with Gasteiger partial charge in [-0.25, -0.2) is 0 Å². The molecule has 0 spiro atoms. The van der Waals surface area contributed by atoms with Crippen LogP contribution < -0.4 is 19.5 Å². The average molecular weight is 384 g/mol. The van der Waals surface area contributed by atoms with Crippen LogP contribution in [0.5, 0.6) is 17.2 Å². The molecule has 28 heavy (non-hydrogen) atoms. The third-order valence-corrected chi connectivity index (χ3v) is 4.80. The number of likely N-dealkylation sites (tertiary alicyclic amines) is 1. The number of nitrogens with zero attached hydrogens (tertiary/aromatic N) is 1. The van der Waals surface area contributed by atoms with Gasteiger partial charge in [-0.3, -0.25) is 4.79 Å². The van der Waals surface area contributed by atoms with Gasteiger partial charge in [0.25, 0.3) is 0 Å². The lowest BCUT2D eigenvalue weighted by molar-refractivity contribution is -0.127. The molecular weight excluding hydrogens is 356 g/mol. The van der Waals surface area contributed by atoms with E-state index in [1.807, 2.05) is 35.2 Å². The highest BCUT2D eigenvalue weighted by Crippen LogP contribution is 2.23. The lowest BCUT2D eigenvalue weighted by Gasteiger charge is -2.15. The van der Waals surface area contributed by atoms with E-state index in [0.717, 1.165) is 55.4 Å². The number of amides is 1. The quantitative estimate of drug-likeness (QED) is 0.638. The average Bonchev–Trinajstić information content (AvgIpc) is 3.15. The van der Waals surface area contributed by atoms with E-state index in [9.17, 15) is 4.79 Å². The highest BCUT2D eigenvalue weighted by Gasteiger charge is 2.18. The molecule has 1 heterocycles. The van der Waals surface area contributed by atoms with Crippen molar-refractivity contribution in [1.29, 1.82) is 0 Å². The smallest absolute Gasteiger partial charge is 0.222 e. The lowest BCUT2D eigenvalue weighted by atomic mass is 10.2. The Morgan fingerprint density at radius 3 is 2.29 bits per heavy atom. The number of benzene rings is 2. The third-order valence-electron chi connectivity index (χ3n) is 4.80. The predicted octanol–water partition coefficient (Wildman–Crippen LogP) is 2.99. The van der Waals surface area contributed by atoms with Crippen LogP contribution in [0.1, 0.15) is 24.0 Å². The minimum atomic E-state index is 0.275. The molecule has 150 valence electrons. The summed E-state index contributed by atoms with van der Waals surface area (Å²) in [5.74, 6) is 2.58. The Hall–Kier alpha value is -2.73. The number of carbonyl (C=O) groups is 1. The van der Waals surface area contributed by atoms with Crippen LogP contribution in [0.25, 0.3) is 0 Å². The standard InChI is InChI=1S/C22H28N2O4/c1-26-20-12-18(13-21(14-20)27-2)16-28-19-7-5-17(6-8-19)15-23-9-11-24-10-3-4-22(24)25/h5-8,12-14,23H,3-4,9-11,15-16H2,1-2H3. The Morgan fingerprint density at radius 2 is 1.68 bits per heavy atom. The lowest BCUT2D eigenvalue weighted by Crippen LogP contribution is -2.32. The zero-order valence-electron chi connectivity index (χ0n) is 16.6. The molecule has 1 aliphatic rings. The van der Waals surface area contributed by atoms with Gasteiger partial charge in [-0.05, 0) is 41.8 Å². The summed E-state index contributed by atoms with van der Waals surface area (Å²) in [7, 11) is 3.27. The molecule has 6 heteroatoms. The van der Waals surface area contributed by atoms with Gasteiger partial charge in [-0.2, -0.15) is 0 Å². The second-order valence-corrected chi connectivity index (χ2v) is 6.81. The van der Waals surface area contributed by atoms with Crippen LogP contribution in [0.2, 0.25) is 0 Å². The van der Waals surface area contributed by atoms with Crippen LogP contribution in [-0.2, 0) is 17.9 Å². The zero-order valence-corrected chi connectivity index (χ0v) is 16.6. The molecular formula is C22H28N2O4. The predicted molar refractivity (Wildman–Crippen MR) is 108 cm³/mol. The van der Waals surface area contributed by atoms with Gasteiger partial charge >= 0.3 is 0 Å². The molecule has 0 radical (unpaired) electrons. The van der Waals surface area contributed by atoms with Gasteiger partial charge < -0.3 is 24.4 Å². The van der Waals surface area contributed by atoms with Gasteiger partial charge in [0.1, 0.15) is 23.9 Å². The molecule has 1 N–H and O–H groups in total. The number of hydrogen-bond donors (Lipinski definition) is 1. The molecule has 1 amide bonds. The molecule has 1 aliphatic heterocycles. The van der Waals surface area contributed by atoms with Crippen molar-refractivity contribution < 1.29 is 19.0 Å². The summed E-state index contributed by atoms with van der Waals surface area (Å²) in [5, 5.41) is 3.39. The number of methoxy groups -OCH3 is 2. The Balaban J connectivity index is 1.43. The first-order chi connectivity index (χ1) is 13.7. The van der Waals surface area contributed by atoms with Crippen molar-refractivity contribution in [3.63, 3.8) is 0 Å². The normalized spacial score (nSPS) is 13.6. The van der Waals surface area contributed by atoms with Crippen molar-refractivity contribution in [2.75, 3.05) is 33.9 Å². The van der Waals surface area contributed by atoms with Crippen molar-refractivity contribution >= 4 is 5.91 Å². The molecule has 0 aliphatic carbocycles. The van der Waals surface area contributed by atoms with Crippen LogP contribution in [-0.4, -0.2) is 44.7 Å².